The van der Waals surface area contributed by atoms with Crippen molar-refractivity contribution in [3.05, 3.63) is 30.1 Å². The summed E-state index contributed by atoms with van der Waals surface area (Å²) in [5.74, 6) is 1.75. The van der Waals surface area contributed by atoms with Crippen LogP contribution in [0.3, 0.4) is 0 Å². The van der Waals surface area contributed by atoms with Gasteiger partial charge in [0, 0.05) is 33.2 Å². The van der Waals surface area contributed by atoms with Crippen molar-refractivity contribution in [2.45, 2.75) is 19.4 Å². The van der Waals surface area contributed by atoms with Crippen LogP contribution in [0.1, 0.15) is 18.7 Å². The number of amides is 1. The Labute approximate surface area is 166 Å². The number of imidazole rings is 1. The maximum absolute atomic E-state index is 12.2. The number of ether oxygens (including phenoxy) is 1. The van der Waals surface area contributed by atoms with E-state index in [0.29, 0.717) is 12.5 Å². The lowest BCUT2D eigenvalue weighted by molar-refractivity contribution is -0.123. The first kappa shape index (κ1) is 19.4. The van der Waals surface area contributed by atoms with E-state index in [1.165, 1.54) is 18.4 Å². The van der Waals surface area contributed by atoms with E-state index in [9.17, 15) is 4.79 Å². The summed E-state index contributed by atoms with van der Waals surface area (Å²) in [4.78, 5) is 21.7. The molecular formula is C21H31N5O2. The number of carbonyl (C=O) groups excluding carboxylic acids is 1. The summed E-state index contributed by atoms with van der Waals surface area (Å²) in [6.07, 6.45) is 2.35. The monoisotopic (exact) mass is 385 g/mol. The molecule has 0 saturated carbocycles. The number of aryl methyl sites for hydroxylation is 1. The molecule has 7 heteroatoms. The van der Waals surface area contributed by atoms with Crippen molar-refractivity contribution in [2.75, 3.05) is 52.5 Å². The van der Waals surface area contributed by atoms with E-state index in [0.717, 1.165) is 63.8 Å². The standard InChI is InChI=1S/C21H31N5O2/c1-24-19-7-3-2-6-18(19)23-20(24)15-26-8-4-5-17(14-26)13-22-21(27)16-25-9-11-28-12-10-25/h2-3,6-7,17H,4-5,8-16H2,1H3,(H,22,27). The predicted molar refractivity (Wildman–Crippen MR) is 109 cm³/mol. The second kappa shape index (κ2) is 9.03. The number of aromatic nitrogens is 2. The summed E-state index contributed by atoms with van der Waals surface area (Å²) < 4.78 is 7.54. The zero-order chi connectivity index (χ0) is 19.3. The lowest BCUT2D eigenvalue weighted by Crippen LogP contribution is -2.45. The smallest absolute Gasteiger partial charge is 0.234 e. The molecule has 2 aromatic rings. The van der Waals surface area contributed by atoms with Crippen LogP contribution in [0.2, 0.25) is 0 Å². The molecule has 1 atom stereocenters. The average molecular weight is 386 g/mol. The number of nitrogens with one attached hydrogen (secondary N) is 1. The summed E-state index contributed by atoms with van der Waals surface area (Å²) in [5.41, 5.74) is 2.24. The summed E-state index contributed by atoms with van der Waals surface area (Å²) in [6, 6.07) is 8.29. The first-order chi connectivity index (χ1) is 13.7. The van der Waals surface area contributed by atoms with Crippen molar-refractivity contribution in [1.82, 2.24) is 24.7 Å². The van der Waals surface area contributed by atoms with Crippen molar-refractivity contribution in [3.8, 4) is 0 Å². The van der Waals surface area contributed by atoms with Crippen molar-refractivity contribution in [3.63, 3.8) is 0 Å². The molecule has 1 amide bonds. The number of hydrogen-bond acceptors (Lipinski definition) is 5. The molecule has 0 aliphatic carbocycles. The molecule has 152 valence electrons. The Morgan fingerprint density at radius 1 is 1.21 bits per heavy atom. The largest absolute Gasteiger partial charge is 0.379 e. The summed E-state index contributed by atoms with van der Waals surface area (Å²) >= 11 is 0. The van der Waals surface area contributed by atoms with Gasteiger partial charge in [-0.1, -0.05) is 12.1 Å². The first-order valence-electron chi connectivity index (χ1n) is 10.4. The molecule has 1 unspecified atom stereocenters. The Morgan fingerprint density at radius 3 is 2.86 bits per heavy atom. The third-order valence-corrected chi connectivity index (χ3v) is 5.91. The Morgan fingerprint density at radius 2 is 2.04 bits per heavy atom. The van der Waals surface area contributed by atoms with Gasteiger partial charge in [-0.3, -0.25) is 14.6 Å². The fourth-order valence-electron chi connectivity index (χ4n) is 4.27. The van der Waals surface area contributed by atoms with Crippen LogP contribution in [0.5, 0.6) is 0 Å². The number of rotatable bonds is 6. The molecule has 1 aromatic carbocycles. The van der Waals surface area contributed by atoms with Gasteiger partial charge in [0.25, 0.3) is 0 Å². The fourth-order valence-corrected chi connectivity index (χ4v) is 4.27. The number of piperidine rings is 1. The number of para-hydroxylation sites is 2. The van der Waals surface area contributed by atoms with E-state index in [2.05, 4.69) is 44.9 Å². The highest BCUT2D eigenvalue weighted by Crippen LogP contribution is 2.20. The highest BCUT2D eigenvalue weighted by atomic mass is 16.5. The quantitative estimate of drug-likeness (QED) is 0.811. The van der Waals surface area contributed by atoms with Crippen LogP contribution in [-0.2, 0) is 23.1 Å². The zero-order valence-electron chi connectivity index (χ0n) is 16.8. The molecule has 0 radical (unpaired) electrons. The van der Waals surface area contributed by atoms with Crippen LogP contribution in [0.4, 0.5) is 0 Å². The van der Waals surface area contributed by atoms with Gasteiger partial charge in [-0.25, -0.2) is 4.98 Å². The van der Waals surface area contributed by atoms with Gasteiger partial charge in [0.2, 0.25) is 5.91 Å². The highest BCUT2D eigenvalue weighted by molar-refractivity contribution is 5.78. The summed E-state index contributed by atoms with van der Waals surface area (Å²) in [5, 5.41) is 3.15. The Bertz CT molecular complexity index is 799. The molecule has 3 heterocycles. The Kier molecular flexibility index (Phi) is 6.24. The SMILES string of the molecule is Cn1c(CN2CCCC(CNC(=O)CN3CCOCC3)C2)nc2ccccc21. The second-order valence-corrected chi connectivity index (χ2v) is 8.01. The summed E-state index contributed by atoms with van der Waals surface area (Å²) in [7, 11) is 2.10. The number of carbonyl (C=O) groups is 1. The molecule has 2 saturated heterocycles. The van der Waals surface area contributed by atoms with E-state index in [-0.39, 0.29) is 5.91 Å². The maximum Gasteiger partial charge on any atom is 0.234 e. The van der Waals surface area contributed by atoms with E-state index in [1.54, 1.807) is 0 Å². The topological polar surface area (TPSA) is 62.6 Å². The third kappa shape index (κ3) is 4.71. The van der Waals surface area contributed by atoms with E-state index < -0.39 is 0 Å². The lowest BCUT2D eigenvalue weighted by Gasteiger charge is -2.32. The van der Waals surface area contributed by atoms with E-state index in [1.807, 2.05) is 6.07 Å². The molecule has 7 nitrogen and oxygen atoms in total. The van der Waals surface area contributed by atoms with Crippen LogP contribution in [0, 0.1) is 5.92 Å². The molecule has 0 spiro atoms. The predicted octanol–water partition coefficient (Wildman–Crippen LogP) is 1.23. The van der Waals surface area contributed by atoms with Gasteiger partial charge in [0.05, 0.1) is 37.3 Å². The molecule has 2 aliphatic rings. The fraction of sp³-hybridized carbons (Fsp3) is 0.619. The molecule has 4 rings (SSSR count). The van der Waals surface area contributed by atoms with Crippen molar-refractivity contribution >= 4 is 16.9 Å². The van der Waals surface area contributed by atoms with E-state index in [4.69, 9.17) is 9.72 Å². The van der Waals surface area contributed by atoms with Gasteiger partial charge < -0.3 is 14.6 Å². The van der Waals surface area contributed by atoms with E-state index >= 15 is 0 Å². The van der Waals surface area contributed by atoms with Crippen molar-refractivity contribution in [1.29, 1.82) is 0 Å². The van der Waals surface area contributed by atoms with Crippen LogP contribution in [0.15, 0.2) is 24.3 Å². The second-order valence-electron chi connectivity index (χ2n) is 8.01. The van der Waals surface area contributed by atoms with Gasteiger partial charge in [0.15, 0.2) is 0 Å². The van der Waals surface area contributed by atoms with Crippen molar-refractivity contribution < 1.29 is 9.53 Å². The lowest BCUT2D eigenvalue weighted by atomic mass is 9.98. The van der Waals surface area contributed by atoms with Crippen LogP contribution in [0.25, 0.3) is 11.0 Å². The minimum absolute atomic E-state index is 0.134. The van der Waals surface area contributed by atoms with Crippen LogP contribution in [-0.4, -0.2) is 77.7 Å². The molecular weight excluding hydrogens is 354 g/mol. The Hall–Kier alpha value is -1.96. The average Bonchev–Trinajstić information content (AvgIpc) is 3.03. The summed E-state index contributed by atoms with van der Waals surface area (Å²) in [6.45, 7) is 7.39. The van der Waals surface area contributed by atoms with Gasteiger partial charge in [-0.15, -0.1) is 0 Å². The van der Waals surface area contributed by atoms with Crippen LogP contribution >= 0.6 is 0 Å². The molecule has 1 aromatic heterocycles. The highest BCUT2D eigenvalue weighted by Gasteiger charge is 2.22. The minimum atomic E-state index is 0.134. The number of hydrogen-bond donors (Lipinski definition) is 1. The third-order valence-electron chi connectivity index (χ3n) is 5.91. The minimum Gasteiger partial charge on any atom is -0.379 e. The zero-order valence-corrected chi connectivity index (χ0v) is 16.8. The normalized spacial score (nSPS) is 21.8. The number of morpholine rings is 1. The Balaban J connectivity index is 1.26. The molecule has 1 N–H and O–H groups in total. The van der Waals surface area contributed by atoms with Gasteiger partial charge in [-0.05, 0) is 37.4 Å². The van der Waals surface area contributed by atoms with Gasteiger partial charge in [0.1, 0.15) is 5.82 Å². The molecule has 2 aliphatic heterocycles. The first-order valence-corrected chi connectivity index (χ1v) is 10.4. The van der Waals surface area contributed by atoms with Gasteiger partial charge >= 0.3 is 0 Å². The van der Waals surface area contributed by atoms with Gasteiger partial charge in [-0.2, -0.15) is 0 Å². The number of nitrogens with zero attached hydrogens (tertiary/aromatic N) is 4. The number of likely N-dealkylation sites (tertiary alicyclic amines) is 1. The number of benzene rings is 1. The molecule has 28 heavy (non-hydrogen) atoms. The number of fused-ring (bicyclic) bond motifs is 1. The molecule has 2 fully saturated rings. The van der Waals surface area contributed by atoms with Crippen molar-refractivity contribution in [2.24, 2.45) is 13.0 Å². The van der Waals surface area contributed by atoms with Crippen LogP contribution < -0.4 is 5.32 Å². The maximum atomic E-state index is 12.2. The molecule has 0 bridgehead atoms.